The maximum atomic E-state index is 6.01. The molecule has 1 N–H and O–H groups in total. The molecule has 1 fully saturated rings. The molecule has 0 aliphatic heterocycles. The molecule has 0 aromatic carbocycles. The molecule has 1 aromatic heterocycles. The van der Waals surface area contributed by atoms with Crippen molar-refractivity contribution < 1.29 is 0 Å². The maximum Gasteiger partial charge on any atom is 0.147 e. The van der Waals surface area contributed by atoms with E-state index in [-0.39, 0.29) is 0 Å². The van der Waals surface area contributed by atoms with Gasteiger partial charge in [-0.15, -0.1) is 0 Å². The zero-order valence-electron chi connectivity index (χ0n) is 7.98. The van der Waals surface area contributed by atoms with Crippen LogP contribution in [0.4, 0.5) is 0 Å². The van der Waals surface area contributed by atoms with Crippen molar-refractivity contribution in [3.63, 3.8) is 0 Å². The van der Waals surface area contributed by atoms with Gasteiger partial charge in [-0.25, -0.2) is 4.98 Å². The van der Waals surface area contributed by atoms with Gasteiger partial charge in [0.1, 0.15) is 5.15 Å². The van der Waals surface area contributed by atoms with Crippen LogP contribution in [0.15, 0.2) is 12.3 Å². The summed E-state index contributed by atoms with van der Waals surface area (Å²) < 4.78 is 0. The van der Waals surface area contributed by atoms with Crippen molar-refractivity contribution in [3.05, 3.63) is 28.0 Å². The fourth-order valence-corrected chi connectivity index (χ4v) is 1.62. The van der Waals surface area contributed by atoms with E-state index in [1.807, 2.05) is 6.07 Å². The molecule has 1 heterocycles. The van der Waals surface area contributed by atoms with Crippen LogP contribution in [0.1, 0.15) is 25.3 Å². The molecular weight excluding hydrogens is 219 g/mol. The zero-order chi connectivity index (χ0) is 10.2. The van der Waals surface area contributed by atoms with Crippen molar-refractivity contribution in [1.29, 1.82) is 0 Å². The highest BCUT2D eigenvalue weighted by Gasteiger charge is 2.36. The Bertz CT molecular complexity index is 348. The highest BCUT2D eigenvalue weighted by Crippen LogP contribution is 2.35. The summed E-state index contributed by atoms with van der Waals surface area (Å²) in [4.78, 5) is 3.91. The van der Waals surface area contributed by atoms with E-state index in [0.717, 1.165) is 12.1 Å². The molecule has 4 heteroatoms. The summed E-state index contributed by atoms with van der Waals surface area (Å²) in [5, 5.41) is 4.39. The third kappa shape index (κ3) is 2.19. The Balaban J connectivity index is 2.05. The second-order valence-electron chi connectivity index (χ2n) is 3.99. The number of hydrogen-bond donors (Lipinski definition) is 1. The highest BCUT2D eigenvalue weighted by molar-refractivity contribution is 6.41. The molecule has 76 valence electrons. The molecule has 14 heavy (non-hydrogen) atoms. The van der Waals surface area contributed by atoms with Crippen molar-refractivity contribution in [2.24, 2.45) is 0 Å². The smallest absolute Gasteiger partial charge is 0.147 e. The Morgan fingerprint density at radius 1 is 1.50 bits per heavy atom. The lowest BCUT2D eigenvalue weighted by Gasteiger charge is -2.12. The molecule has 0 radical (unpaired) electrons. The first-order valence-corrected chi connectivity index (χ1v) is 5.40. The van der Waals surface area contributed by atoms with E-state index in [9.17, 15) is 0 Å². The van der Waals surface area contributed by atoms with E-state index in [4.69, 9.17) is 23.2 Å². The van der Waals surface area contributed by atoms with Crippen LogP contribution >= 0.6 is 23.2 Å². The quantitative estimate of drug-likeness (QED) is 0.808. The average Bonchev–Trinajstić information content (AvgIpc) is 2.88. The number of nitrogens with zero attached hydrogens (tertiary/aromatic N) is 1. The van der Waals surface area contributed by atoms with E-state index >= 15 is 0 Å². The van der Waals surface area contributed by atoms with Crippen molar-refractivity contribution in [1.82, 2.24) is 10.3 Å². The molecular formula is C10H12Cl2N2. The Labute approximate surface area is 93.6 Å². The lowest BCUT2D eigenvalue weighted by molar-refractivity contribution is 0.537. The first-order chi connectivity index (χ1) is 6.61. The summed E-state index contributed by atoms with van der Waals surface area (Å²) >= 11 is 11.8. The van der Waals surface area contributed by atoms with Crippen LogP contribution in [0, 0.1) is 0 Å². The minimum atomic E-state index is 0.319. The van der Waals surface area contributed by atoms with E-state index in [0.29, 0.717) is 15.7 Å². The fourth-order valence-electron chi connectivity index (χ4n) is 1.26. The molecule has 0 spiro atoms. The van der Waals surface area contributed by atoms with Crippen LogP contribution < -0.4 is 5.32 Å². The van der Waals surface area contributed by atoms with Gasteiger partial charge >= 0.3 is 0 Å². The molecule has 1 aliphatic rings. The normalized spacial score (nSPS) is 18.2. The third-order valence-corrected chi connectivity index (χ3v) is 3.44. The first-order valence-electron chi connectivity index (χ1n) is 4.65. The molecule has 0 unspecified atom stereocenters. The minimum Gasteiger partial charge on any atom is -0.307 e. The predicted molar refractivity (Wildman–Crippen MR) is 58.7 cm³/mol. The van der Waals surface area contributed by atoms with Crippen molar-refractivity contribution in [2.75, 3.05) is 0 Å². The van der Waals surface area contributed by atoms with Gasteiger partial charge in [-0.3, -0.25) is 0 Å². The van der Waals surface area contributed by atoms with Gasteiger partial charge in [0.2, 0.25) is 0 Å². The lowest BCUT2D eigenvalue weighted by Crippen LogP contribution is -2.27. The maximum absolute atomic E-state index is 6.01. The number of nitrogens with one attached hydrogen (secondary N) is 1. The van der Waals surface area contributed by atoms with Gasteiger partial charge in [0.25, 0.3) is 0 Å². The summed E-state index contributed by atoms with van der Waals surface area (Å²) in [7, 11) is 0. The van der Waals surface area contributed by atoms with E-state index < -0.39 is 0 Å². The summed E-state index contributed by atoms with van der Waals surface area (Å²) in [5.41, 5.74) is 1.33. The number of aromatic nitrogens is 1. The topological polar surface area (TPSA) is 24.9 Å². The molecule has 0 amide bonds. The van der Waals surface area contributed by atoms with Crippen LogP contribution in [-0.4, -0.2) is 10.5 Å². The Morgan fingerprint density at radius 2 is 2.21 bits per heavy atom. The minimum absolute atomic E-state index is 0.319. The molecule has 1 saturated carbocycles. The van der Waals surface area contributed by atoms with Gasteiger partial charge in [0.05, 0.1) is 5.02 Å². The van der Waals surface area contributed by atoms with Crippen LogP contribution in [0.3, 0.4) is 0 Å². The predicted octanol–water partition coefficient (Wildman–Crippen LogP) is 3.03. The second-order valence-corrected chi connectivity index (χ2v) is 4.73. The number of rotatable bonds is 3. The van der Waals surface area contributed by atoms with Gasteiger partial charge in [0, 0.05) is 18.3 Å². The Morgan fingerprint density at radius 3 is 2.86 bits per heavy atom. The Hall–Kier alpha value is -0.310. The first kappa shape index (κ1) is 10.2. The van der Waals surface area contributed by atoms with Crippen LogP contribution in [0.5, 0.6) is 0 Å². The lowest BCUT2D eigenvalue weighted by atomic mass is 10.2. The third-order valence-electron chi connectivity index (χ3n) is 2.63. The molecule has 1 aliphatic carbocycles. The van der Waals surface area contributed by atoms with Gasteiger partial charge in [-0.1, -0.05) is 23.2 Å². The summed E-state index contributed by atoms with van der Waals surface area (Å²) in [5.74, 6) is 0. The SMILES string of the molecule is CC1(NCc2ccnc(Cl)c2Cl)CC1. The second kappa shape index (κ2) is 3.69. The van der Waals surface area contributed by atoms with Crippen molar-refractivity contribution >= 4 is 23.2 Å². The van der Waals surface area contributed by atoms with Crippen molar-refractivity contribution in [3.8, 4) is 0 Å². The van der Waals surface area contributed by atoms with Crippen molar-refractivity contribution in [2.45, 2.75) is 31.8 Å². The van der Waals surface area contributed by atoms with Crippen LogP contribution in [0.25, 0.3) is 0 Å². The summed E-state index contributed by atoms with van der Waals surface area (Å²) in [6, 6.07) is 1.90. The van der Waals surface area contributed by atoms with Crippen LogP contribution in [0.2, 0.25) is 10.2 Å². The molecule has 0 saturated heterocycles. The summed E-state index contributed by atoms with van der Waals surface area (Å²) in [6.07, 6.45) is 4.16. The van der Waals surface area contributed by atoms with E-state index in [2.05, 4.69) is 17.2 Å². The average molecular weight is 231 g/mol. The molecule has 2 rings (SSSR count). The highest BCUT2D eigenvalue weighted by atomic mass is 35.5. The van der Waals surface area contributed by atoms with E-state index in [1.165, 1.54) is 12.8 Å². The van der Waals surface area contributed by atoms with Gasteiger partial charge in [-0.2, -0.15) is 0 Å². The fraction of sp³-hybridized carbons (Fsp3) is 0.500. The summed E-state index contributed by atoms with van der Waals surface area (Å²) in [6.45, 7) is 2.97. The molecule has 0 atom stereocenters. The number of pyridine rings is 1. The monoisotopic (exact) mass is 230 g/mol. The Kier molecular flexibility index (Phi) is 2.69. The van der Waals surface area contributed by atoms with Crippen LogP contribution in [-0.2, 0) is 6.54 Å². The number of hydrogen-bond acceptors (Lipinski definition) is 2. The zero-order valence-corrected chi connectivity index (χ0v) is 9.49. The van der Waals surface area contributed by atoms with Gasteiger partial charge in [0.15, 0.2) is 0 Å². The molecule has 1 aromatic rings. The van der Waals surface area contributed by atoms with E-state index in [1.54, 1.807) is 6.20 Å². The molecule has 0 bridgehead atoms. The van der Waals surface area contributed by atoms with Gasteiger partial charge < -0.3 is 5.32 Å². The largest absolute Gasteiger partial charge is 0.307 e. The number of halogens is 2. The standard InChI is InChI=1S/C10H12Cl2N2/c1-10(3-4-10)14-6-7-2-5-13-9(12)8(7)11/h2,5,14H,3-4,6H2,1H3. The molecule has 2 nitrogen and oxygen atoms in total. The van der Waals surface area contributed by atoms with Gasteiger partial charge in [-0.05, 0) is 31.4 Å².